The van der Waals surface area contributed by atoms with Crippen LogP contribution in [-0.4, -0.2) is 19.1 Å². The molecule has 5 heteroatoms. The second kappa shape index (κ2) is 4.11. The molecule has 5 nitrogen and oxygen atoms in total. The molecular formula is C11H11N3O2. The van der Waals surface area contributed by atoms with E-state index >= 15 is 0 Å². The summed E-state index contributed by atoms with van der Waals surface area (Å²) < 4.78 is 5.27. The van der Waals surface area contributed by atoms with Crippen LogP contribution in [0.25, 0.3) is 0 Å². The molecule has 0 atom stereocenters. The minimum atomic E-state index is -0.145. The van der Waals surface area contributed by atoms with Crippen molar-refractivity contribution in [1.82, 2.24) is 0 Å². The quantitative estimate of drug-likeness (QED) is 0.746. The number of amides is 1. The van der Waals surface area contributed by atoms with E-state index in [1.165, 1.54) is 0 Å². The van der Waals surface area contributed by atoms with E-state index in [-0.39, 0.29) is 12.5 Å². The first-order valence-electron chi connectivity index (χ1n) is 4.92. The Hall–Kier alpha value is -2.22. The fourth-order valence-corrected chi connectivity index (χ4v) is 1.63. The summed E-state index contributed by atoms with van der Waals surface area (Å²) in [5.74, 6) is 0.486. The van der Waals surface area contributed by atoms with Gasteiger partial charge < -0.3 is 15.4 Å². The standard InChI is InChI=1S/C11H11N3O2/c12-4-1-5-14-9-6-8(13)2-3-10(9)16-7-11(14)15/h2-3,6H,1,5,7,13H2. The van der Waals surface area contributed by atoms with Gasteiger partial charge in [-0.25, -0.2) is 0 Å². The van der Waals surface area contributed by atoms with Crippen molar-refractivity contribution in [2.45, 2.75) is 6.42 Å². The van der Waals surface area contributed by atoms with Crippen LogP contribution in [0.4, 0.5) is 11.4 Å². The summed E-state index contributed by atoms with van der Waals surface area (Å²) in [5.41, 5.74) is 6.87. The molecule has 16 heavy (non-hydrogen) atoms. The molecule has 1 heterocycles. The molecule has 2 N–H and O–H groups in total. The lowest BCUT2D eigenvalue weighted by Gasteiger charge is -2.28. The lowest BCUT2D eigenvalue weighted by molar-refractivity contribution is -0.121. The number of rotatable bonds is 2. The zero-order chi connectivity index (χ0) is 11.5. The number of nitrogens with zero attached hydrogens (tertiary/aromatic N) is 2. The minimum absolute atomic E-state index is 0.0162. The molecule has 0 saturated carbocycles. The maximum Gasteiger partial charge on any atom is 0.265 e. The highest BCUT2D eigenvalue weighted by Crippen LogP contribution is 2.33. The maximum atomic E-state index is 11.6. The second-order valence-corrected chi connectivity index (χ2v) is 3.47. The van der Waals surface area contributed by atoms with Crippen LogP contribution < -0.4 is 15.4 Å². The van der Waals surface area contributed by atoms with Crippen molar-refractivity contribution in [3.8, 4) is 11.8 Å². The summed E-state index contributed by atoms with van der Waals surface area (Å²) in [6.45, 7) is 0.386. The lowest BCUT2D eigenvalue weighted by Crippen LogP contribution is -2.39. The Morgan fingerprint density at radius 1 is 1.56 bits per heavy atom. The highest BCUT2D eigenvalue weighted by molar-refractivity contribution is 5.98. The molecule has 0 saturated heterocycles. The van der Waals surface area contributed by atoms with Gasteiger partial charge in [-0.15, -0.1) is 0 Å². The molecule has 2 rings (SSSR count). The van der Waals surface area contributed by atoms with E-state index in [1.54, 1.807) is 23.1 Å². The molecule has 0 radical (unpaired) electrons. The number of nitrogen functional groups attached to an aromatic ring is 1. The van der Waals surface area contributed by atoms with Gasteiger partial charge in [-0.1, -0.05) is 0 Å². The average Bonchev–Trinajstić information content (AvgIpc) is 2.28. The van der Waals surface area contributed by atoms with Crippen molar-refractivity contribution in [2.75, 3.05) is 23.8 Å². The molecule has 0 aromatic heterocycles. The average molecular weight is 217 g/mol. The third-order valence-electron chi connectivity index (χ3n) is 2.37. The van der Waals surface area contributed by atoms with Crippen LogP contribution >= 0.6 is 0 Å². The molecule has 1 aliphatic heterocycles. The van der Waals surface area contributed by atoms with E-state index in [2.05, 4.69) is 0 Å². The Morgan fingerprint density at radius 3 is 3.12 bits per heavy atom. The minimum Gasteiger partial charge on any atom is -0.482 e. The highest BCUT2D eigenvalue weighted by atomic mass is 16.5. The predicted octanol–water partition coefficient (Wildman–Crippen LogP) is 0.908. The molecule has 1 aromatic rings. The Labute approximate surface area is 93.0 Å². The van der Waals surface area contributed by atoms with Gasteiger partial charge >= 0.3 is 0 Å². The number of carbonyl (C=O) groups is 1. The highest BCUT2D eigenvalue weighted by Gasteiger charge is 2.24. The van der Waals surface area contributed by atoms with Crippen LogP contribution in [0.1, 0.15) is 6.42 Å². The van der Waals surface area contributed by atoms with E-state index < -0.39 is 0 Å². The van der Waals surface area contributed by atoms with Crippen LogP contribution in [0, 0.1) is 11.3 Å². The van der Waals surface area contributed by atoms with Gasteiger partial charge in [0.25, 0.3) is 5.91 Å². The van der Waals surface area contributed by atoms with Crippen molar-refractivity contribution in [3.05, 3.63) is 18.2 Å². The number of carbonyl (C=O) groups excluding carboxylic acids is 1. The Balaban J connectivity index is 2.35. The van der Waals surface area contributed by atoms with Gasteiger partial charge in [-0.05, 0) is 18.2 Å². The number of nitriles is 1. The first kappa shape index (κ1) is 10.3. The first-order chi connectivity index (χ1) is 7.72. The fraction of sp³-hybridized carbons (Fsp3) is 0.273. The summed E-state index contributed by atoms with van der Waals surface area (Å²) in [6.07, 6.45) is 0.292. The van der Waals surface area contributed by atoms with Crippen LogP contribution in [0.15, 0.2) is 18.2 Å². The summed E-state index contributed by atoms with van der Waals surface area (Å²) in [5, 5.41) is 8.54. The molecule has 0 unspecified atom stereocenters. The fourth-order valence-electron chi connectivity index (χ4n) is 1.63. The normalized spacial score (nSPS) is 13.9. The van der Waals surface area contributed by atoms with E-state index in [0.717, 1.165) is 0 Å². The van der Waals surface area contributed by atoms with Crippen LogP contribution in [0.2, 0.25) is 0 Å². The van der Waals surface area contributed by atoms with Crippen LogP contribution in [0.5, 0.6) is 5.75 Å². The van der Waals surface area contributed by atoms with Crippen LogP contribution in [0.3, 0.4) is 0 Å². The monoisotopic (exact) mass is 217 g/mol. The van der Waals surface area contributed by atoms with Gasteiger partial charge in [0, 0.05) is 12.2 Å². The van der Waals surface area contributed by atoms with Gasteiger partial charge in [-0.3, -0.25) is 4.79 Å². The molecule has 1 aliphatic rings. The van der Waals surface area contributed by atoms with E-state index in [9.17, 15) is 4.79 Å². The number of hydrogen-bond acceptors (Lipinski definition) is 4. The lowest BCUT2D eigenvalue weighted by atomic mass is 10.2. The van der Waals surface area contributed by atoms with Crippen LogP contribution in [-0.2, 0) is 4.79 Å². The molecule has 0 bridgehead atoms. The van der Waals surface area contributed by atoms with E-state index in [4.69, 9.17) is 15.7 Å². The van der Waals surface area contributed by atoms with Gasteiger partial charge in [-0.2, -0.15) is 5.26 Å². The number of ether oxygens (including phenoxy) is 1. The second-order valence-electron chi connectivity index (χ2n) is 3.47. The molecule has 0 aliphatic carbocycles. The third kappa shape index (κ3) is 1.77. The summed E-state index contributed by atoms with van der Waals surface area (Å²) in [7, 11) is 0. The van der Waals surface area contributed by atoms with E-state index in [1.807, 2.05) is 6.07 Å². The largest absolute Gasteiger partial charge is 0.482 e. The number of nitrogens with two attached hydrogens (primary N) is 1. The Bertz CT molecular complexity index is 465. The van der Waals surface area contributed by atoms with E-state index in [0.29, 0.717) is 30.1 Å². The zero-order valence-corrected chi connectivity index (χ0v) is 8.64. The smallest absolute Gasteiger partial charge is 0.265 e. The number of hydrogen-bond donors (Lipinski definition) is 1. The zero-order valence-electron chi connectivity index (χ0n) is 8.64. The topological polar surface area (TPSA) is 79.3 Å². The van der Waals surface area contributed by atoms with Gasteiger partial charge in [0.1, 0.15) is 5.75 Å². The third-order valence-corrected chi connectivity index (χ3v) is 2.37. The SMILES string of the molecule is N#CCCN1C(=O)COc2ccc(N)cc21. The molecule has 0 fully saturated rings. The molecule has 1 aromatic carbocycles. The summed E-state index contributed by atoms with van der Waals surface area (Å²) in [6, 6.07) is 7.15. The number of anilines is 2. The summed E-state index contributed by atoms with van der Waals surface area (Å²) >= 11 is 0. The van der Waals surface area contributed by atoms with Crippen molar-refractivity contribution >= 4 is 17.3 Å². The first-order valence-corrected chi connectivity index (χ1v) is 4.92. The number of benzene rings is 1. The molecule has 0 spiro atoms. The molecular weight excluding hydrogens is 206 g/mol. The Kier molecular flexibility index (Phi) is 2.64. The van der Waals surface area contributed by atoms with Crippen molar-refractivity contribution < 1.29 is 9.53 Å². The summed E-state index contributed by atoms with van der Waals surface area (Å²) in [4.78, 5) is 13.2. The van der Waals surface area contributed by atoms with Crippen molar-refractivity contribution in [3.63, 3.8) is 0 Å². The van der Waals surface area contributed by atoms with Gasteiger partial charge in [0.2, 0.25) is 0 Å². The number of fused-ring (bicyclic) bond motifs is 1. The van der Waals surface area contributed by atoms with Gasteiger partial charge in [0.15, 0.2) is 6.61 Å². The van der Waals surface area contributed by atoms with Gasteiger partial charge in [0.05, 0.1) is 18.2 Å². The Morgan fingerprint density at radius 2 is 2.38 bits per heavy atom. The predicted molar refractivity (Wildman–Crippen MR) is 58.9 cm³/mol. The van der Waals surface area contributed by atoms with Crippen molar-refractivity contribution in [2.24, 2.45) is 0 Å². The maximum absolute atomic E-state index is 11.6. The molecule has 82 valence electrons. The molecule has 1 amide bonds. The van der Waals surface area contributed by atoms with Crippen molar-refractivity contribution in [1.29, 1.82) is 5.26 Å².